The summed E-state index contributed by atoms with van der Waals surface area (Å²) in [5.74, 6) is -0.121. The molecule has 3 amide bonds. The van der Waals surface area contributed by atoms with Crippen LogP contribution in [0.25, 0.3) is 0 Å². The number of anilines is 2. The maximum absolute atomic E-state index is 12.9. The molecule has 7 nitrogen and oxygen atoms in total. The summed E-state index contributed by atoms with van der Waals surface area (Å²) in [5, 5.41) is 7.36. The molecule has 142 valence electrons. The lowest BCUT2D eigenvalue weighted by Gasteiger charge is -2.24. The smallest absolute Gasteiger partial charge is 0.264 e. The second kappa shape index (κ2) is 8.22. The number of benzene rings is 1. The van der Waals surface area contributed by atoms with E-state index in [0.29, 0.717) is 35.0 Å². The lowest BCUT2D eigenvalue weighted by Crippen LogP contribution is -2.43. The van der Waals surface area contributed by atoms with Crippen molar-refractivity contribution in [2.24, 2.45) is 0 Å². The minimum absolute atomic E-state index is 0.124. The van der Waals surface area contributed by atoms with Gasteiger partial charge in [0.05, 0.1) is 17.7 Å². The summed E-state index contributed by atoms with van der Waals surface area (Å²) in [5.41, 5.74) is 1.00. The Balaban J connectivity index is 1.77. The fraction of sp³-hybridized carbons (Fsp3) is 0.316. The topological polar surface area (TPSA) is 87.7 Å². The molecule has 0 aliphatic carbocycles. The van der Waals surface area contributed by atoms with Gasteiger partial charge in [-0.05, 0) is 42.5 Å². The predicted molar refractivity (Wildman–Crippen MR) is 104 cm³/mol. The van der Waals surface area contributed by atoms with E-state index in [-0.39, 0.29) is 17.7 Å². The molecule has 1 fully saturated rings. The fourth-order valence-electron chi connectivity index (χ4n) is 3.13. The zero-order valence-corrected chi connectivity index (χ0v) is 16.0. The van der Waals surface area contributed by atoms with E-state index >= 15 is 0 Å². The normalized spacial score (nSPS) is 16.1. The van der Waals surface area contributed by atoms with Gasteiger partial charge < -0.3 is 20.3 Å². The first-order chi connectivity index (χ1) is 13.0. The standard InChI is InChI=1S/C19H21N3O4S/c1-12(23)20-13-7-8-16(26-2)14(11-13)21-18(24)15-5-3-9-22(15)19(25)17-6-4-10-27-17/h4,6-8,10-11,15H,3,5,9H2,1-2H3,(H,20,23)(H,21,24)/t15-/m1/s1. The minimum atomic E-state index is -0.534. The monoisotopic (exact) mass is 387 g/mol. The van der Waals surface area contributed by atoms with Crippen LogP contribution in [0.5, 0.6) is 5.75 Å². The van der Waals surface area contributed by atoms with Gasteiger partial charge in [0.15, 0.2) is 0 Å². The van der Waals surface area contributed by atoms with Gasteiger partial charge in [0.1, 0.15) is 11.8 Å². The van der Waals surface area contributed by atoms with Crippen molar-refractivity contribution in [2.75, 3.05) is 24.3 Å². The molecule has 0 unspecified atom stereocenters. The van der Waals surface area contributed by atoms with Gasteiger partial charge in [-0.2, -0.15) is 0 Å². The van der Waals surface area contributed by atoms with Gasteiger partial charge in [-0.25, -0.2) is 0 Å². The highest BCUT2D eigenvalue weighted by molar-refractivity contribution is 7.12. The van der Waals surface area contributed by atoms with E-state index in [1.54, 1.807) is 29.2 Å². The van der Waals surface area contributed by atoms with Crippen molar-refractivity contribution >= 4 is 40.4 Å². The number of methoxy groups -OCH3 is 1. The third kappa shape index (κ3) is 4.28. The largest absolute Gasteiger partial charge is 0.495 e. The zero-order chi connectivity index (χ0) is 19.4. The number of carbonyl (C=O) groups is 3. The molecule has 1 saturated heterocycles. The number of thiophene rings is 1. The van der Waals surface area contributed by atoms with Gasteiger partial charge in [0.2, 0.25) is 11.8 Å². The summed E-state index contributed by atoms with van der Waals surface area (Å²) < 4.78 is 5.30. The Morgan fingerprint density at radius 1 is 1.22 bits per heavy atom. The third-order valence-corrected chi connectivity index (χ3v) is 5.18. The molecule has 2 N–H and O–H groups in total. The van der Waals surface area contributed by atoms with Crippen LogP contribution in [0.15, 0.2) is 35.7 Å². The highest BCUT2D eigenvalue weighted by Crippen LogP contribution is 2.30. The Bertz CT molecular complexity index is 851. The van der Waals surface area contributed by atoms with Crippen LogP contribution in [0.3, 0.4) is 0 Å². The van der Waals surface area contributed by atoms with E-state index in [0.717, 1.165) is 6.42 Å². The van der Waals surface area contributed by atoms with Crippen molar-refractivity contribution < 1.29 is 19.1 Å². The number of hydrogen-bond acceptors (Lipinski definition) is 5. The zero-order valence-electron chi connectivity index (χ0n) is 15.2. The number of amides is 3. The molecule has 0 spiro atoms. The molecule has 3 rings (SSSR count). The highest BCUT2D eigenvalue weighted by atomic mass is 32.1. The van der Waals surface area contributed by atoms with E-state index < -0.39 is 6.04 Å². The van der Waals surface area contributed by atoms with E-state index in [2.05, 4.69) is 10.6 Å². The number of likely N-dealkylation sites (tertiary alicyclic amines) is 1. The SMILES string of the molecule is COc1ccc(NC(C)=O)cc1NC(=O)[C@H]1CCCN1C(=O)c1cccs1. The van der Waals surface area contributed by atoms with E-state index in [1.165, 1.54) is 25.4 Å². The van der Waals surface area contributed by atoms with E-state index in [4.69, 9.17) is 4.74 Å². The van der Waals surface area contributed by atoms with Crippen molar-refractivity contribution in [3.8, 4) is 5.75 Å². The molecule has 0 saturated carbocycles. The Kier molecular flexibility index (Phi) is 5.75. The first-order valence-corrected chi connectivity index (χ1v) is 9.48. The second-order valence-electron chi connectivity index (χ2n) is 6.22. The van der Waals surface area contributed by atoms with Gasteiger partial charge in [-0.1, -0.05) is 6.07 Å². The molecule has 2 aromatic rings. The number of hydrogen-bond donors (Lipinski definition) is 2. The fourth-order valence-corrected chi connectivity index (χ4v) is 3.81. The number of nitrogens with zero attached hydrogens (tertiary/aromatic N) is 1. The Morgan fingerprint density at radius 3 is 2.70 bits per heavy atom. The molecule has 1 aliphatic heterocycles. The van der Waals surface area contributed by atoms with Crippen LogP contribution >= 0.6 is 11.3 Å². The molecule has 1 aromatic heterocycles. The van der Waals surface area contributed by atoms with Crippen molar-refractivity contribution in [2.45, 2.75) is 25.8 Å². The summed E-state index contributed by atoms with van der Waals surface area (Å²) in [6.07, 6.45) is 1.38. The number of ether oxygens (including phenoxy) is 1. The molecule has 2 heterocycles. The highest BCUT2D eigenvalue weighted by Gasteiger charge is 2.35. The van der Waals surface area contributed by atoms with Gasteiger partial charge in [0.25, 0.3) is 5.91 Å². The third-order valence-electron chi connectivity index (χ3n) is 4.33. The molecule has 1 aromatic carbocycles. The van der Waals surface area contributed by atoms with Crippen LogP contribution in [0.1, 0.15) is 29.4 Å². The molecule has 27 heavy (non-hydrogen) atoms. The van der Waals surface area contributed by atoms with Crippen LogP contribution in [0.4, 0.5) is 11.4 Å². The Hall–Kier alpha value is -2.87. The predicted octanol–water partition coefficient (Wildman–Crippen LogP) is 2.96. The Morgan fingerprint density at radius 2 is 2.04 bits per heavy atom. The summed E-state index contributed by atoms with van der Waals surface area (Å²) in [7, 11) is 1.51. The van der Waals surface area contributed by atoms with Crippen LogP contribution in [0, 0.1) is 0 Å². The minimum Gasteiger partial charge on any atom is -0.495 e. The van der Waals surface area contributed by atoms with Crippen LogP contribution < -0.4 is 15.4 Å². The first kappa shape index (κ1) is 18.9. The molecular weight excluding hydrogens is 366 g/mol. The van der Waals surface area contributed by atoms with Gasteiger partial charge in [0, 0.05) is 19.2 Å². The molecule has 1 aliphatic rings. The molecule has 0 bridgehead atoms. The summed E-state index contributed by atoms with van der Waals surface area (Å²) in [6.45, 7) is 1.97. The van der Waals surface area contributed by atoms with Gasteiger partial charge in [-0.15, -0.1) is 11.3 Å². The lowest BCUT2D eigenvalue weighted by molar-refractivity contribution is -0.119. The van der Waals surface area contributed by atoms with Crippen molar-refractivity contribution in [3.63, 3.8) is 0 Å². The average Bonchev–Trinajstić information content (AvgIpc) is 3.33. The summed E-state index contributed by atoms with van der Waals surface area (Å²) >= 11 is 1.37. The second-order valence-corrected chi connectivity index (χ2v) is 7.17. The molecular formula is C19H21N3O4S. The Labute approximate surface area is 161 Å². The summed E-state index contributed by atoms with van der Waals surface area (Å²) in [4.78, 5) is 39.0. The maximum atomic E-state index is 12.9. The maximum Gasteiger partial charge on any atom is 0.264 e. The number of rotatable bonds is 5. The van der Waals surface area contributed by atoms with Crippen LogP contribution in [-0.2, 0) is 9.59 Å². The molecule has 8 heteroatoms. The molecule has 1 atom stereocenters. The van der Waals surface area contributed by atoms with Gasteiger partial charge in [-0.3, -0.25) is 14.4 Å². The quantitative estimate of drug-likeness (QED) is 0.826. The lowest BCUT2D eigenvalue weighted by atomic mass is 10.2. The summed E-state index contributed by atoms with van der Waals surface area (Å²) in [6, 6.07) is 8.05. The van der Waals surface area contributed by atoms with Crippen LogP contribution in [0.2, 0.25) is 0 Å². The van der Waals surface area contributed by atoms with E-state index in [1.807, 2.05) is 11.4 Å². The number of carbonyl (C=O) groups excluding carboxylic acids is 3. The van der Waals surface area contributed by atoms with Gasteiger partial charge >= 0.3 is 0 Å². The van der Waals surface area contributed by atoms with Crippen molar-refractivity contribution in [3.05, 3.63) is 40.6 Å². The molecule has 0 radical (unpaired) electrons. The van der Waals surface area contributed by atoms with Crippen LogP contribution in [-0.4, -0.2) is 42.3 Å². The average molecular weight is 387 g/mol. The van der Waals surface area contributed by atoms with Crippen molar-refractivity contribution in [1.82, 2.24) is 4.90 Å². The van der Waals surface area contributed by atoms with E-state index in [9.17, 15) is 14.4 Å². The van der Waals surface area contributed by atoms with Crippen molar-refractivity contribution in [1.29, 1.82) is 0 Å². The number of nitrogens with one attached hydrogen (secondary N) is 2. The first-order valence-electron chi connectivity index (χ1n) is 8.60.